The maximum Gasteiger partial charge on any atom is 0.323 e. The minimum absolute atomic E-state index is 0.161. The van der Waals surface area contributed by atoms with Crippen LogP contribution < -0.4 is 0 Å². The van der Waals surface area contributed by atoms with Crippen LogP contribution in [0.4, 0.5) is 0 Å². The molecule has 0 saturated heterocycles. The Hall–Kier alpha value is -2.36. The number of carbonyl (C=O) groups excluding carboxylic acids is 1. The summed E-state index contributed by atoms with van der Waals surface area (Å²) >= 11 is 0. The minimum Gasteiger partial charge on any atom is -0.480 e. The van der Waals surface area contributed by atoms with E-state index in [2.05, 4.69) is 13.8 Å². The number of aromatic nitrogens is 1. The highest BCUT2D eigenvalue weighted by Gasteiger charge is 2.14. The molecule has 0 spiro atoms. The van der Waals surface area contributed by atoms with Crippen molar-refractivity contribution in [3.8, 4) is 0 Å². The first kappa shape index (κ1) is 14.1. The van der Waals surface area contributed by atoms with Gasteiger partial charge in [-0.1, -0.05) is 38.1 Å². The predicted molar refractivity (Wildman–Crippen MR) is 76.0 cm³/mol. The highest BCUT2D eigenvalue weighted by atomic mass is 16.4. The fourth-order valence-corrected chi connectivity index (χ4v) is 2.07. The van der Waals surface area contributed by atoms with Crippen LogP contribution in [0.25, 0.3) is 0 Å². The van der Waals surface area contributed by atoms with E-state index < -0.39 is 5.97 Å². The Balaban J connectivity index is 2.27. The molecule has 0 amide bonds. The molecule has 0 unspecified atom stereocenters. The molecule has 0 aliphatic carbocycles. The van der Waals surface area contributed by atoms with E-state index in [1.54, 1.807) is 30.5 Å². The number of carboxylic acids is 1. The number of hydrogen-bond acceptors (Lipinski definition) is 2. The lowest BCUT2D eigenvalue weighted by Gasteiger charge is -2.08. The van der Waals surface area contributed by atoms with E-state index in [4.69, 9.17) is 5.11 Å². The molecule has 0 atom stereocenters. The van der Waals surface area contributed by atoms with E-state index in [9.17, 15) is 9.59 Å². The van der Waals surface area contributed by atoms with Crippen molar-refractivity contribution in [1.29, 1.82) is 0 Å². The van der Waals surface area contributed by atoms with E-state index in [0.717, 1.165) is 0 Å². The molecule has 1 aromatic carbocycles. The molecule has 2 rings (SSSR count). The fourth-order valence-electron chi connectivity index (χ4n) is 2.07. The van der Waals surface area contributed by atoms with Gasteiger partial charge in [-0.3, -0.25) is 9.59 Å². The summed E-state index contributed by atoms with van der Waals surface area (Å²) in [5.41, 5.74) is 2.13. The standard InChI is InChI=1S/C16H17NO3/c1-11(2)12-5-7-13(8-6-12)16(20)14-4-3-9-17(14)10-15(18)19/h3-9,11H,10H2,1-2H3,(H,18,19). The smallest absolute Gasteiger partial charge is 0.323 e. The zero-order valence-electron chi connectivity index (χ0n) is 11.5. The Morgan fingerprint density at radius 3 is 2.35 bits per heavy atom. The van der Waals surface area contributed by atoms with Crippen LogP contribution in [0.15, 0.2) is 42.6 Å². The molecule has 0 fully saturated rings. The minimum atomic E-state index is -0.967. The summed E-state index contributed by atoms with van der Waals surface area (Å²) in [5.74, 6) is -0.716. The zero-order valence-corrected chi connectivity index (χ0v) is 11.5. The first-order chi connectivity index (χ1) is 9.49. The fraction of sp³-hybridized carbons (Fsp3) is 0.250. The molecule has 20 heavy (non-hydrogen) atoms. The van der Waals surface area contributed by atoms with Crippen LogP contribution in [-0.4, -0.2) is 21.4 Å². The third-order valence-electron chi connectivity index (χ3n) is 3.21. The van der Waals surface area contributed by atoms with Crippen molar-refractivity contribution < 1.29 is 14.7 Å². The van der Waals surface area contributed by atoms with Crippen molar-refractivity contribution in [2.45, 2.75) is 26.3 Å². The number of rotatable bonds is 5. The van der Waals surface area contributed by atoms with Gasteiger partial charge in [-0.15, -0.1) is 0 Å². The van der Waals surface area contributed by atoms with Crippen molar-refractivity contribution in [3.63, 3.8) is 0 Å². The van der Waals surface area contributed by atoms with Crippen LogP contribution in [0.2, 0.25) is 0 Å². The molecular formula is C16H17NO3. The van der Waals surface area contributed by atoms with E-state index >= 15 is 0 Å². The second-order valence-electron chi connectivity index (χ2n) is 5.02. The second-order valence-corrected chi connectivity index (χ2v) is 5.02. The lowest BCUT2D eigenvalue weighted by Crippen LogP contribution is -2.14. The Labute approximate surface area is 117 Å². The first-order valence-corrected chi connectivity index (χ1v) is 6.50. The summed E-state index contributed by atoms with van der Waals surface area (Å²) in [4.78, 5) is 23.1. The van der Waals surface area contributed by atoms with Gasteiger partial charge < -0.3 is 9.67 Å². The summed E-state index contributed by atoms with van der Waals surface area (Å²) in [5, 5.41) is 8.83. The third-order valence-corrected chi connectivity index (χ3v) is 3.21. The van der Waals surface area contributed by atoms with Crippen molar-refractivity contribution in [2.75, 3.05) is 0 Å². The van der Waals surface area contributed by atoms with Gasteiger partial charge in [0.1, 0.15) is 6.54 Å². The number of aliphatic carboxylic acids is 1. The molecule has 4 heteroatoms. The molecule has 4 nitrogen and oxygen atoms in total. The lowest BCUT2D eigenvalue weighted by molar-refractivity contribution is -0.137. The molecule has 0 bridgehead atoms. The zero-order chi connectivity index (χ0) is 14.7. The molecule has 104 valence electrons. The van der Waals surface area contributed by atoms with Crippen molar-refractivity contribution in [1.82, 2.24) is 4.57 Å². The highest BCUT2D eigenvalue weighted by Crippen LogP contribution is 2.17. The quantitative estimate of drug-likeness (QED) is 0.850. The Morgan fingerprint density at radius 1 is 1.15 bits per heavy atom. The SMILES string of the molecule is CC(C)c1ccc(C(=O)c2cccn2CC(=O)O)cc1. The predicted octanol–water partition coefficient (Wildman–Crippen LogP) is 2.93. The van der Waals surface area contributed by atoms with Crippen LogP contribution >= 0.6 is 0 Å². The van der Waals surface area contributed by atoms with Crippen LogP contribution in [0.3, 0.4) is 0 Å². The monoisotopic (exact) mass is 271 g/mol. The summed E-state index contributed by atoms with van der Waals surface area (Å²) in [6, 6.07) is 10.8. The lowest BCUT2D eigenvalue weighted by atomic mass is 10.00. The van der Waals surface area contributed by atoms with Crippen molar-refractivity contribution in [2.24, 2.45) is 0 Å². The Bertz CT molecular complexity index is 623. The van der Waals surface area contributed by atoms with E-state index in [1.807, 2.05) is 12.1 Å². The second kappa shape index (κ2) is 5.74. The van der Waals surface area contributed by atoms with E-state index in [0.29, 0.717) is 17.2 Å². The van der Waals surface area contributed by atoms with Crippen molar-refractivity contribution >= 4 is 11.8 Å². The number of benzene rings is 1. The number of ketones is 1. The van der Waals surface area contributed by atoms with Gasteiger partial charge >= 0.3 is 5.97 Å². The summed E-state index contributed by atoms with van der Waals surface area (Å²) in [6.45, 7) is 3.97. The highest BCUT2D eigenvalue weighted by molar-refractivity contribution is 6.08. The Kier molecular flexibility index (Phi) is 4.03. The van der Waals surface area contributed by atoms with Crippen LogP contribution in [0, 0.1) is 0 Å². The summed E-state index contributed by atoms with van der Waals surface area (Å²) < 4.78 is 1.45. The largest absolute Gasteiger partial charge is 0.480 e. The number of carboxylic acid groups (broad SMARTS) is 1. The van der Waals surface area contributed by atoms with Gasteiger partial charge in [0.15, 0.2) is 0 Å². The number of carbonyl (C=O) groups is 2. The molecule has 0 radical (unpaired) electrons. The van der Waals surface area contributed by atoms with Gasteiger partial charge in [0, 0.05) is 11.8 Å². The molecule has 2 aromatic rings. The Morgan fingerprint density at radius 2 is 1.80 bits per heavy atom. The van der Waals surface area contributed by atoms with Crippen LogP contribution in [0.1, 0.15) is 41.4 Å². The van der Waals surface area contributed by atoms with Gasteiger partial charge in [0.05, 0.1) is 5.69 Å². The van der Waals surface area contributed by atoms with Gasteiger partial charge in [0.25, 0.3) is 0 Å². The normalized spacial score (nSPS) is 10.8. The van der Waals surface area contributed by atoms with Crippen LogP contribution in [0.5, 0.6) is 0 Å². The third kappa shape index (κ3) is 2.96. The molecule has 0 aliphatic rings. The maximum absolute atomic E-state index is 12.4. The van der Waals surface area contributed by atoms with Gasteiger partial charge in [-0.2, -0.15) is 0 Å². The van der Waals surface area contributed by atoms with E-state index in [1.165, 1.54) is 10.1 Å². The molecule has 1 N–H and O–H groups in total. The summed E-state index contributed by atoms with van der Waals surface area (Å²) in [6.07, 6.45) is 1.60. The average Bonchev–Trinajstić information content (AvgIpc) is 2.85. The molecular weight excluding hydrogens is 254 g/mol. The molecule has 1 heterocycles. The van der Waals surface area contributed by atoms with Crippen molar-refractivity contribution in [3.05, 3.63) is 59.4 Å². The van der Waals surface area contributed by atoms with E-state index in [-0.39, 0.29) is 12.3 Å². The first-order valence-electron chi connectivity index (χ1n) is 6.50. The maximum atomic E-state index is 12.4. The molecule has 0 aliphatic heterocycles. The van der Waals surface area contributed by atoms with Crippen LogP contribution in [-0.2, 0) is 11.3 Å². The number of hydrogen-bond donors (Lipinski definition) is 1. The average molecular weight is 271 g/mol. The van der Waals surface area contributed by atoms with Gasteiger partial charge in [-0.05, 0) is 23.6 Å². The van der Waals surface area contributed by atoms with Gasteiger partial charge in [-0.25, -0.2) is 0 Å². The number of nitrogens with zero attached hydrogens (tertiary/aromatic N) is 1. The van der Waals surface area contributed by atoms with Gasteiger partial charge in [0.2, 0.25) is 5.78 Å². The molecule has 0 saturated carbocycles. The molecule has 1 aromatic heterocycles. The topological polar surface area (TPSA) is 59.3 Å². The summed E-state index contributed by atoms with van der Waals surface area (Å²) in [7, 11) is 0.